The monoisotopic (exact) mass is 521 g/mol. The lowest BCUT2D eigenvalue weighted by molar-refractivity contribution is -0.139. The Bertz CT molecular complexity index is 1190. The SMILES string of the molecule is N#Cc1ccc(NC2CCN(C(=O)CO[C@H]3CC[C@H](Nc4ccc(C#N)c(CF)c4)CC3)CC2)cc1CF. The molecule has 1 heterocycles. The van der Waals surface area contributed by atoms with Gasteiger partial charge in [-0.3, -0.25) is 4.79 Å². The van der Waals surface area contributed by atoms with Crippen LogP contribution in [0.1, 0.15) is 60.8 Å². The molecule has 38 heavy (non-hydrogen) atoms. The molecule has 0 aromatic heterocycles. The maximum Gasteiger partial charge on any atom is 0.248 e. The zero-order chi connectivity index (χ0) is 26.9. The molecule has 0 bridgehead atoms. The molecule has 2 aromatic rings. The van der Waals surface area contributed by atoms with Crippen LogP contribution in [0.5, 0.6) is 0 Å². The van der Waals surface area contributed by atoms with Crippen molar-refractivity contribution in [1.29, 1.82) is 10.5 Å². The second kappa shape index (κ2) is 13.2. The molecule has 0 radical (unpaired) electrons. The second-order valence-electron chi connectivity index (χ2n) is 9.96. The minimum atomic E-state index is -0.679. The van der Waals surface area contributed by atoms with Gasteiger partial charge in [-0.15, -0.1) is 0 Å². The van der Waals surface area contributed by atoms with Gasteiger partial charge < -0.3 is 20.3 Å². The molecule has 9 heteroatoms. The number of ether oxygens (including phenoxy) is 1. The van der Waals surface area contributed by atoms with Crippen LogP contribution >= 0.6 is 0 Å². The third-order valence-corrected chi connectivity index (χ3v) is 7.45. The largest absolute Gasteiger partial charge is 0.382 e. The van der Waals surface area contributed by atoms with Gasteiger partial charge in [0.25, 0.3) is 0 Å². The average molecular weight is 522 g/mol. The van der Waals surface area contributed by atoms with E-state index in [-0.39, 0.29) is 30.7 Å². The highest BCUT2D eigenvalue weighted by Crippen LogP contribution is 2.26. The van der Waals surface area contributed by atoms with E-state index in [4.69, 9.17) is 15.3 Å². The van der Waals surface area contributed by atoms with E-state index in [0.717, 1.165) is 49.9 Å². The summed E-state index contributed by atoms with van der Waals surface area (Å²) in [4.78, 5) is 14.6. The highest BCUT2D eigenvalue weighted by molar-refractivity contribution is 5.77. The number of nitriles is 2. The number of carbonyl (C=O) groups is 1. The number of halogens is 2. The number of hydrogen-bond acceptors (Lipinski definition) is 6. The van der Waals surface area contributed by atoms with Crippen LogP contribution in [0.4, 0.5) is 20.2 Å². The van der Waals surface area contributed by atoms with E-state index in [1.54, 1.807) is 30.3 Å². The predicted molar refractivity (Wildman–Crippen MR) is 141 cm³/mol. The first-order chi connectivity index (χ1) is 18.5. The van der Waals surface area contributed by atoms with Crippen LogP contribution in [0.2, 0.25) is 0 Å². The van der Waals surface area contributed by atoms with Crippen LogP contribution in [0.3, 0.4) is 0 Å². The fourth-order valence-electron chi connectivity index (χ4n) is 5.21. The van der Waals surface area contributed by atoms with E-state index >= 15 is 0 Å². The molecule has 0 spiro atoms. The Morgan fingerprint density at radius 2 is 1.34 bits per heavy atom. The van der Waals surface area contributed by atoms with Gasteiger partial charge in [0.05, 0.1) is 29.4 Å². The quantitative estimate of drug-likeness (QED) is 0.470. The first-order valence-corrected chi connectivity index (χ1v) is 13.1. The minimum absolute atomic E-state index is 0.00174. The maximum atomic E-state index is 13.2. The van der Waals surface area contributed by atoms with Crippen LogP contribution in [0.15, 0.2) is 36.4 Å². The number of rotatable bonds is 9. The number of hydrogen-bond donors (Lipinski definition) is 2. The number of likely N-dealkylation sites (tertiary alicyclic amines) is 1. The first kappa shape index (κ1) is 27.3. The Balaban J connectivity index is 1.15. The molecule has 2 fully saturated rings. The van der Waals surface area contributed by atoms with Gasteiger partial charge in [0.15, 0.2) is 0 Å². The van der Waals surface area contributed by atoms with E-state index < -0.39 is 13.3 Å². The Kier molecular flexibility index (Phi) is 9.51. The van der Waals surface area contributed by atoms with Crippen molar-refractivity contribution in [3.63, 3.8) is 0 Å². The van der Waals surface area contributed by atoms with E-state index in [1.165, 1.54) is 0 Å². The summed E-state index contributed by atoms with van der Waals surface area (Å²) in [5.74, 6) is -0.00174. The van der Waals surface area contributed by atoms with Crippen molar-refractivity contribution in [3.05, 3.63) is 58.7 Å². The molecule has 1 amide bonds. The maximum absolute atomic E-state index is 13.2. The number of benzene rings is 2. The molecule has 1 saturated heterocycles. The van der Waals surface area contributed by atoms with Gasteiger partial charge in [-0.2, -0.15) is 10.5 Å². The van der Waals surface area contributed by atoms with Gasteiger partial charge in [-0.1, -0.05) is 0 Å². The zero-order valence-corrected chi connectivity index (χ0v) is 21.4. The number of nitrogens with zero attached hydrogens (tertiary/aromatic N) is 3. The smallest absolute Gasteiger partial charge is 0.248 e. The third-order valence-electron chi connectivity index (χ3n) is 7.45. The van der Waals surface area contributed by atoms with Crippen LogP contribution in [-0.4, -0.2) is 48.7 Å². The van der Waals surface area contributed by atoms with Gasteiger partial charge in [0.2, 0.25) is 5.91 Å². The van der Waals surface area contributed by atoms with Crippen LogP contribution in [-0.2, 0) is 22.9 Å². The minimum Gasteiger partial charge on any atom is -0.382 e. The first-order valence-electron chi connectivity index (χ1n) is 13.1. The number of alkyl halides is 2. The number of carbonyl (C=O) groups excluding carboxylic acids is 1. The molecule has 2 N–H and O–H groups in total. The van der Waals surface area contributed by atoms with Crippen LogP contribution in [0, 0.1) is 22.7 Å². The van der Waals surface area contributed by atoms with Gasteiger partial charge >= 0.3 is 0 Å². The molecule has 1 saturated carbocycles. The number of nitrogens with one attached hydrogen (secondary N) is 2. The zero-order valence-electron chi connectivity index (χ0n) is 21.4. The molecule has 2 aliphatic rings. The number of amides is 1. The predicted octanol–water partition coefficient (Wildman–Crippen LogP) is 5.21. The van der Waals surface area contributed by atoms with Crippen molar-refractivity contribution in [2.24, 2.45) is 0 Å². The van der Waals surface area contributed by atoms with Crippen molar-refractivity contribution in [2.75, 3.05) is 30.3 Å². The molecule has 4 rings (SSSR count). The highest BCUT2D eigenvalue weighted by atomic mass is 19.1. The summed E-state index contributed by atoms with van der Waals surface area (Å²) < 4.78 is 32.3. The molecule has 1 aliphatic carbocycles. The molecule has 0 unspecified atom stereocenters. The van der Waals surface area contributed by atoms with Crippen LogP contribution < -0.4 is 10.6 Å². The molecule has 2 aromatic carbocycles. The summed E-state index contributed by atoms with van der Waals surface area (Å²) in [5.41, 5.74) is 3.09. The standard InChI is InChI=1S/C29H33F2N5O2/c30-15-22-13-26(3-1-20(22)17-32)34-24-5-7-28(8-6-24)38-19-29(37)36-11-9-25(10-12-36)35-27-4-2-21(18-33)23(14-27)16-31/h1-4,13-14,24-25,28,34-35H,5-12,15-16,19H2/t24-,28-. The van der Waals surface area contributed by atoms with Gasteiger partial charge in [-0.25, -0.2) is 8.78 Å². The Labute approximate surface area is 222 Å². The summed E-state index contributed by atoms with van der Waals surface area (Å²) in [6.07, 6.45) is 5.07. The summed E-state index contributed by atoms with van der Waals surface area (Å²) in [6.45, 7) is -0.00409. The summed E-state index contributed by atoms with van der Waals surface area (Å²) in [7, 11) is 0. The lowest BCUT2D eigenvalue weighted by Crippen LogP contribution is -2.44. The Hall–Kier alpha value is -3.69. The third kappa shape index (κ3) is 6.99. The van der Waals surface area contributed by atoms with Gasteiger partial charge in [-0.05, 0) is 74.9 Å². The molecule has 200 valence electrons. The van der Waals surface area contributed by atoms with Gasteiger partial charge in [0, 0.05) is 47.7 Å². The summed E-state index contributed by atoms with van der Waals surface area (Å²) >= 11 is 0. The fourth-order valence-corrected chi connectivity index (χ4v) is 5.21. The molecular weight excluding hydrogens is 488 g/mol. The normalized spacial score (nSPS) is 19.8. The summed E-state index contributed by atoms with van der Waals surface area (Å²) in [6, 6.07) is 14.7. The van der Waals surface area contributed by atoms with Crippen molar-refractivity contribution in [3.8, 4) is 12.1 Å². The van der Waals surface area contributed by atoms with E-state index in [0.29, 0.717) is 35.3 Å². The molecule has 7 nitrogen and oxygen atoms in total. The fraction of sp³-hybridized carbons (Fsp3) is 0.483. The molecule has 0 atom stereocenters. The van der Waals surface area contributed by atoms with E-state index in [9.17, 15) is 13.6 Å². The number of piperidine rings is 1. The average Bonchev–Trinajstić information content (AvgIpc) is 2.96. The Morgan fingerprint density at radius 3 is 1.82 bits per heavy atom. The molecular formula is C29H33F2N5O2. The lowest BCUT2D eigenvalue weighted by atomic mass is 9.92. The van der Waals surface area contributed by atoms with Crippen molar-refractivity contribution in [2.45, 2.75) is 70.1 Å². The van der Waals surface area contributed by atoms with Crippen molar-refractivity contribution < 1.29 is 18.3 Å². The number of anilines is 2. The van der Waals surface area contributed by atoms with E-state index in [2.05, 4.69) is 10.6 Å². The second-order valence-corrected chi connectivity index (χ2v) is 9.96. The lowest BCUT2D eigenvalue weighted by Gasteiger charge is -2.34. The highest BCUT2D eigenvalue weighted by Gasteiger charge is 2.26. The van der Waals surface area contributed by atoms with Gasteiger partial charge in [0.1, 0.15) is 20.0 Å². The van der Waals surface area contributed by atoms with Crippen molar-refractivity contribution in [1.82, 2.24) is 4.90 Å². The van der Waals surface area contributed by atoms with Crippen LogP contribution in [0.25, 0.3) is 0 Å². The van der Waals surface area contributed by atoms with E-state index in [1.807, 2.05) is 23.1 Å². The topological polar surface area (TPSA) is 101 Å². The Morgan fingerprint density at radius 1 is 0.842 bits per heavy atom. The van der Waals surface area contributed by atoms with Crippen molar-refractivity contribution >= 4 is 17.3 Å². The molecule has 1 aliphatic heterocycles. The summed E-state index contributed by atoms with van der Waals surface area (Å²) in [5, 5.41) is 25.0.